The summed E-state index contributed by atoms with van der Waals surface area (Å²) in [7, 11) is 0. The van der Waals surface area contributed by atoms with Crippen molar-refractivity contribution in [3.8, 4) is 11.8 Å². The van der Waals surface area contributed by atoms with Crippen LogP contribution in [0.3, 0.4) is 0 Å². The van der Waals surface area contributed by atoms with Gasteiger partial charge in [-0.3, -0.25) is 4.79 Å². The Bertz CT molecular complexity index is 405. The molecule has 0 fully saturated rings. The molecule has 0 aromatic carbocycles. The molecule has 176 valence electrons. The van der Waals surface area contributed by atoms with E-state index in [0.717, 1.165) is 25.7 Å². The van der Waals surface area contributed by atoms with E-state index in [0.29, 0.717) is 6.42 Å². The van der Waals surface area contributed by atoms with Crippen molar-refractivity contribution in [2.45, 2.75) is 161 Å². The summed E-state index contributed by atoms with van der Waals surface area (Å²) in [5, 5.41) is 8.59. The van der Waals surface area contributed by atoms with Crippen LogP contribution in [-0.2, 0) is 4.79 Å². The zero-order valence-corrected chi connectivity index (χ0v) is 20.3. The Balaban J connectivity index is 3.08. The number of unbranched alkanes of at least 4 members (excludes halogenated alkanes) is 21. The third kappa shape index (κ3) is 27.0. The fraction of sp³-hybridized carbons (Fsp3) is 0.893. The molecule has 0 bridgehead atoms. The molecule has 0 aromatic rings. The zero-order valence-electron chi connectivity index (χ0n) is 20.3. The second-order valence-electron chi connectivity index (χ2n) is 9.07. The number of rotatable bonds is 23. The molecule has 0 unspecified atom stereocenters. The van der Waals surface area contributed by atoms with E-state index in [2.05, 4.69) is 18.8 Å². The first-order chi connectivity index (χ1) is 14.8. The van der Waals surface area contributed by atoms with E-state index in [1.54, 1.807) is 0 Å². The molecule has 30 heavy (non-hydrogen) atoms. The van der Waals surface area contributed by atoms with Crippen LogP contribution in [0.5, 0.6) is 0 Å². The molecule has 0 radical (unpaired) electrons. The summed E-state index contributed by atoms with van der Waals surface area (Å²) in [5.74, 6) is 6.07. The van der Waals surface area contributed by atoms with Gasteiger partial charge in [0.25, 0.3) is 0 Å². The predicted molar refractivity (Wildman–Crippen MR) is 132 cm³/mol. The third-order valence-corrected chi connectivity index (χ3v) is 5.97. The van der Waals surface area contributed by atoms with Gasteiger partial charge in [-0.05, 0) is 19.3 Å². The molecule has 0 atom stereocenters. The second-order valence-corrected chi connectivity index (χ2v) is 9.07. The van der Waals surface area contributed by atoms with E-state index < -0.39 is 5.97 Å². The van der Waals surface area contributed by atoms with Crippen LogP contribution in [0.25, 0.3) is 0 Å². The van der Waals surface area contributed by atoms with Crippen LogP contribution in [-0.4, -0.2) is 11.1 Å². The van der Waals surface area contributed by atoms with Gasteiger partial charge in [0.05, 0.1) is 0 Å². The Morgan fingerprint density at radius 2 is 0.800 bits per heavy atom. The van der Waals surface area contributed by atoms with Crippen LogP contribution < -0.4 is 0 Å². The number of aliphatic carboxylic acids is 1. The molecule has 0 aliphatic heterocycles. The molecule has 0 saturated heterocycles. The van der Waals surface area contributed by atoms with Crippen molar-refractivity contribution in [3.63, 3.8) is 0 Å². The van der Waals surface area contributed by atoms with Crippen molar-refractivity contribution in [2.75, 3.05) is 0 Å². The van der Waals surface area contributed by atoms with E-state index in [9.17, 15) is 4.79 Å². The van der Waals surface area contributed by atoms with Gasteiger partial charge in [-0.25, -0.2) is 0 Å². The lowest BCUT2D eigenvalue weighted by Gasteiger charge is -2.03. The summed E-state index contributed by atoms with van der Waals surface area (Å²) in [5.41, 5.74) is 0. The normalized spacial score (nSPS) is 10.7. The van der Waals surface area contributed by atoms with Crippen molar-refractivity contribution < 1.29 is 9.90 Å². The summed E-state index contributed by atoms with van der Waals surface area (Å²) >= 11 is 0. The lowest BCUT2D eigenvalue weighted by molar-refractivity contribution is -0.137. The van der Waals surface area contributed by atoms with Gasteiger partial charge in [0.15, 0.2) is 0 Å². The number of carboxylic acids is 1. The highest BCUT2D eigenvalue weighted by Crippen LogP contribution is 2.14. The van der Waals surface area contributed by atoms with Crippen LogP contribution in [0.4, 0.5) is 0 Å². The number of hydrogen-bond acceptors (Lipinski definition) is 1. The second kappa shape index (κ2) is 26.1. The summed E-state index contributed by atoms with van der Waals surface area (Å²) in [4.78, 5) is 10.4. The molecule has 0 spiro atoms. The Morgan fingerprint density at radius 3 is 1.13 bits per heavy atom. The molecule has 2 heteroatoms. The SMILES string of the molecule is CCCCCCCCC#CCCCCCCCCCCCCCCCCCC(=O)O. The van der Waals surface area contributed by atoms with Crippen molar-refractivity contribution in [3.05, 3.63) is 0 Å². The fourth-order valence-electron chi connectivity index (χ4n) is 3.96. The van der Waals surface area contributed by atoms with E-state index >= 15 is 0 Å². The maximum Gasteiger partial charge on any atom is 0.303 e. The number of carbonyl (C=O) groups is 1. The van der Waals surface area contributed by atoms with E-state index in [1.165, 1.54) is 122 Å². The van der Waals surface area contributed by atoms with Gasteiger partial charge in [0.2, 0.25) is 0 Å². The van der Waals surface area contributed by atoms with Crippen molar-refractivity contribution in [1.82, 2.24) is 0 Å². The van der Waals surface area contributed by atoms with Crippen LogP contribution >= 0.6 is 0 Å². The van der Waals surface area contributed by atoms with Gasteiger partial charge in [-0.15, -0.1) is 11.8 Å². The quantitative estimate of drug-likeness (QED) is 0.132. The summed E-state index contributed by atoms with van der Waals surface area (Å²) < 4.78 is 0. The van der Waals surface area contributed by atoms with Gasteiger partial charge in [0.1, 0.15) is 0 Å². The molecule has 0 amide bonds. The number of carboxylic acid groups (broad SMARTS) is 1. The fourth-order valence-corrected chi connectivity index (χ4v) is 3.96. The third-order valence-electron chi connectivity index (χ3n) is 5.97. The van der Waals surface area contributed by atoms with Crippen molar-refractivity contribution in [1.29, 1.82) is 0 Å². The smallest absolute Gasteiger partial charge is 0.303 e. The molecule has 0 saturated carbocycles. The standard InChI is InChI=1S/C28H52O2/c1-2-3-4-5-6-7-8-9-10-11-12-13-14-15-16-17-18-19-20-21-22-23-24-25-26-27-28(29)30/h2-8,11-27H2,1H3,(H,29,30). The molecular formula is C28H52O2. The Kier molecular flexibility index (Phi) is 25.2. The van der Waals surface area contributed by atoms with Gasteiger partial charge < -0.3 is 5.11 Å². The van der Waals surface area contributed by atoms with Crippen LogP contribution in [0.15, 0.2) is 0 Å². The van der Waals surface area contributed by atoms with E-state index in [-0.39, 0.29) is 0 Å². The van der Waals surface area contributed by atoms with Gasteiger partial charge in [-0.2, -0.15) is 0 Å². The molecule has 0 aromatic heterocycles. The first kappa shape index (κ1) is 29.0. The average molecular weight is 421 g/mol. The Hall–Kier alpha value is -0.970. The predicted octanol–water partition coefficient (Wildman–Crippen LogP) is 9.46. The molecule has 2 nitrogen and oxygen atoms in total. The maximum atomic E-state index is 10.4. The maximum absolute atomic E-state index is 10.4. The van der Waals surface area contributed by atoms with E-state index in [1.807, 2.05) is 0 Å². The van der Waals surface area contributed by atoms with Crippen LogP contribution in [0.1, 0.15) is 161 Å². The number of hydrogen-bond donors (Lipinski definition) is 1. The minimum absolute atomic E-state index is 0.341. The molecule has 1 N–H and O–H groups in total. The highest BCUT2D eigenvalue weighted by atomic mass is 16.4. The summed E-state index contributed by atoms with van der Waals surface area (Å²) in [6.07, 6.45) is 30.3. The highest BCUT2D eigenvalue weighted by molar-refractivity contribution is 5.66. The lowest BCUT2D eigenvalue weighted by atomic mass is 10.0. The van der Waals surface area contributed by atoms with E-state index in [4.69, 9.17) is 5.11 Å². The molecular weight excluding hydrogens is 368 g/mol. The van der Waals surface area contributed by atoms with Crippen LogP contribution in [0.2, 0.25) is 0 Å². The average Bonchev–Trinajstić information content (AvgIpc) is 2.73. The highest BCUT2D eigenvalue weighted by Gasteiger charge is 1.97. The molecule has 0 aliphatic carbocycles. The first-order valence-electron chi connectivity index (χ1n) is 13.4. The van der Waals surface area contributed by atoms with Crippen LogP contribution in [0, 0.1) is 11.8 Å². The van der Waals surface area contributed by atoms with Gasteiger partial charge in [0, 0.05) is 19.3 Å². The van der Waals surface area contributed by atoms with Crippen molar-refractivity contribution >= 4 is 5.97 Å². The minimum atomic E-state index is -0.654. The lowest BCUT2D eigenvalue weighted by Crippen LogP contribution is -1.93. The Morgan fingerprint density at radius 1 is 0.500 bits per heavy atom. The van der Waals surface area contributed by atoms with Gasteiger partial charge >= 0.3 is 5.97 Å². The molecule has 0 aliphatic rings. The topological polar surface area (TPSA) is 37.3 Å². The van der Waals surface area contributed by atoms with Crippen molar-refractivity contribution in [2.24, 2.45) is 0 Å². The monoisotopic (exact) mass is 420 g/mol. The summed E-state index contributed by atoms with van der Waals surface area (Å²) in [6.45, 7) is 2.27. The van der Waals surface area contributed by atoms with Gasteiger partial charge in [-0.1, -0.05) is 122 Å². The molecule has 0 rings (SSSR count). The zero-order chi connectivity index (χ0) is 22.0. The first-order valence-corrected chi connectivity index (χ1v) is 13.4. The molecule has 0 heterocycles. The minimum Gasteiger partial charge on any atom is -0.481 e. The summed E-state index contributed by atoms with van der Waals surface area (Å²) in [6, 6.07) is 0. The Labute approximate surface area is 189 Å². The largest absolute Gasteiger partial charge is 0.481 e.